The Labute approximate surface area is 172 Å². The second-order valence-corrected chi connectivity index (χ2v) is 7.79. The predicted molar refractivity (Wildman–Crippen MR) is 110 cm³/mol. The molecule has 0 aliphatic heterocycles. The summed E-state index contributed by atoms with van der Waals surface area (Å²) in [7, 11) is 1.77. The van der Waals surface area contributed by atoms with Crippen molar-refractivity contribution in [1.82, 2.24) is 19.9 Å². The molecule has 6 nitrogen and oxygen atoms in total. The highest BCUT2D eigenvalue weighted by atomic mass is 79.9. The topological polar surface area (TPSA) is 60.2 Å². The van der Waals surface area contributed by atoms with Crippen LogP contribution in [0.4, 0.5) is 0 Å². The Morgan fingerprint density at radius 3 is 2.57 bits per heavy atom. The van der Waals surface area contributed by atoms with Gasteiger partial charge in [0.1, 0.15) is 12.4 Å². The van der Waals surface area contributed by atoms with Gasteiger partial charge >= 0.3 is 0 Å². The largest absolute Gasteiger partial charge is 0.492 e. The summed E-state index contributed by atoms with van der Waals surface area (Å²) in [4.78, 5) is 14.6. The van der Waals surface area contributed by atoms with Gasteiger partial charge in [-0.2, -0.15) is 0 Å². The van der Waals surface area contributed by atoms with Gasteiger partial charge in [0.15, 0.2) is 5.69 Å². The van der Waals surface area contributed by atoms with Crippen molar-refractivity contribution < 1.29 is 9.53 Å². The molecule has 0 N–H and O–H groups in total. The monoisotopic (exact) mass is 440 g/mol. The lowest BCUT2D eigenvalue weighted by Crippen LogP contribution is -2.31. The first-order valence-electron chi connectivity index (χ1n) is 9.28. The Balaban J connectivity index is 1.48. The molecule has 1 saturated carbocycles. The molecular weight excluding hydrogens is 420 g/mol. The number of aromatic nitrogens is 3. The number of ether oxygens (including phenoxy) is 1. The lowest BCUT2D eigenvalue weighted by molar-refractivity contribution is 0.0766. The fourth-order valence-corrected chi connectivity index (χ4v) is 3.30. The maximum Gasteiger partial charge on any atom is 0.276 e. The van der Waals surface area contributed by atoms with Gasteiger partial charge in [0.25, 0.3) is 5.91 Å². The van der Waals surface area contributed by atoms with E-state index >= 15 is 0 Å². The smallest absolute Gasteiger partial charge is 0.276 e. The summed E-state index contributed by atoms with van der Waals surface area (Å²) in [6.45, 7) is 0.898. The molecule has 0 saturated heterocycles. The molecule has 3 aromatic rings. The van der Waals surface area contributed by atoms with Crippen LogP contribution in [0.25, 0.3) is 5.69 Å². The third-order valence-corrected chi connectivity index (χ3v) is 5.26. The van der Waals surface area contributed by atoms with E-state index in [4.69, 9.17) is 4.74 Å². The van der Waals surface area contributed by atoms with E-state index in [1.54, 1.807) is 16.6 Å². The van der Waals surface area contributed by atoms with E-state index in [2.05, 4.69) is 26.2 Å². The Morgan fingerprint density at radius 1 is 1.18 bits per heavy atom. The van der Waals surface area contributed by atoms with E-state index in [1.807, 2.05) is 54.6 Å². The molecule has 2 aromatic carbocycles. The van der Waals surface area contributed by atoms with E-state index in [0.717, 1.165) is 34.4 Å². The zero-order valence-corrected chi connectivity index (χ0v) is 17.2. The van der Waals surface area contributed by atoms with Crippen molar-refractivity contribution in [3.05, 3.63) is 70.5 Å². The van der Waals surface area contributed by atoms with Crippen molar-refractivity contribution >= 4 is 21.8 Å². The van der Waals surface area contributed by atoms with Crippen LogP contribution in [0.15, 0.2) is 59.1 Å². The first-order valence-corrected chi connectivity index (χ1v) is 10.1. The van der Waals surface area contributed by atoms with Crippen molar-refractivity contribution in [2.24, 2.45) is 0 Å². The number of likely N-dealkylation sites (N-methyl/N-ethyl adjacent to an activating group) is 1. The van der Waals surface area contributed by atoms with Crippen LogP contribution in [-0.4, -0.2) is 46.0 Å². The number of amides is 1. The van der Waals surface area contributed by atoms with Gasteiger partial charge in [0.2, 0.25) is 0 Å². The minimum absolute atomic E-state index is 0.123. The van der Waals surface area contributed by atoms with Crippen molar-refractivity contribution in [1.29, 1.82) is 0 Å². The minimum atomic E-state index is -0.123. The molecule has 1 fully saturated rings. The molecule has 28 heavy (non-hydrogen) atoms. The van der Waals surface area contributed by atoms with Crippen LogP contribution < -0.4 is 4.74 Å². The maximum absolute atomic E-state index is 13.0. The minimum Gasteiger partial charge on any atom is -0.492 e. The molecule has 1 aliphatic rings. The molecule has 1 amide bonds. The molecule has 0 radical (unpaired) electrons. The molecule has 4 rings (SSSR count). The summed E-state index contributed by atoms with van der Waals surface area (Å²) in [6.07, 6.45) is 2.12. The number of nitrogens with zero attached hydrogens (tertiary/aromatic N) is 4. The van der Waals surface area contributed by atoms with E-state index in [9.17, 15) is 4.79 Å². The summed E-state index contributed by atoms with van der Waals surface area (Å²) in [5.41, 5.74) is 2.25. The zero-order chi connectivity index (χ0) is 19.5. The maximum atomic E-state index is 13.0. The fourth-order valence-electron chi connectivity index (χ4n) is 3.04. The van der Waals surface area contributed by atoms with Crippen LogP contribution in [0.5, 0.6) is 5.75 Å². The van der Waals surface area contributed by atoms with E-state index in [0.29, 0.717) is 24.8 Å². The Bertz CT molecular complexity index is 952. The summed E-state index contributed by atoms with van der Waals surface area (Å²) >= 11 is 3.45. The number of benzene rings is 2. The van der Waals surface area contributed by atoms with Crippen LogP contribution in [0.2, 0.25) is 0 Å². The molecule has 0 spiro atoms. The van der Waals surface area contributed by atoms with E-state index in [-0.39, 0.29) is 5.91 Å². The van der Waals surface area contributed by atoms with E-state index in [1.165, 1.54) is 0 Å². The number of para-hydroxylation sites is 1. The normalized spacial score (nSPS) is 13.4. The van der Waals surface area contributed by atoms with Crippen molar-refractivity contribution in [2.75, 3.05) is 20.2 Å². The van der Waals surface area contributed by atoms with Gasteiger partial charge in [0.05, 0.1) is 17.9 Å². The van der Waals surface area contributed by atoms with Crippen molar-refractivity contribution in [3.8, 4) is 11.4 Å². The highest BCUT2D eigenvalue weighted by Crippen LogP contribution is 2.42. The molecule has 0 unspecified atom stereocenters. The van der Waals surface area contributed by atoms with Gasteiger partial charge in [-0.25, -0.2) is 4.68 Å². The number of carbonyl (C=O) groups excluding carboxylic acids is 1. The van der Waals surface area contributed by atoms with Crippen LogP contribution >= 0.6 is 15.9 Å². The number of halogens is 1. The Morgan fingerprint density at radius 2 is 1.89 bits per heavy atom. The van der Waals surface area contributed by atoms with Gasteiger partial charge in [0, 0.05) is 17.4 Å². The quantitative estimate of drug-likeness (QED) is 0.555. The third kappa shape index (κ3) is 4.09. The van der Waals surface area contributed by atoms with E-state index < -0.39 is 0 Å². The summed E-state index contributed by atoms with van der Waals surface area (Å²) < 4.78 is 8.50. The number of rotatable bonds is 7. The average Bonchev–Trinajstić information content (AvgIpc) is 3.47. The molecule has 1 aliphatic carbocycles. The molecule has 1 heterocycles. The van der Waals surface area contributed by atoms with Crippen LogP contribution in [0.1, 0.15) is 34.9 Å². The summed E-state index contributed by atoms with van der Waals surface area (Å²) in [5.74, 6) is 1.01. The fraction of sp³-hybridized carbons (Fsp3) is 0.286. The van der Waals surface area contributed by atoms with Gasteiger partial charge in [-0.15, -0.1) is 5.10 Å². The lowest BCUT2D eigenvalue weighted by atomic mass is 10.2. The first-order chi connectivity index (χ1) is 13.6. The predicted octanol–water partition coefficient (Wildman–Crippen LogP) is 4.06. The number of hydrogen-bond donors (Lipinski definition) is 0. The van der Waals surface area contributed by atoms with Gasteiger partial charge in [-0.05, 0) is 49.2 Å². The molecule has 1 aromatic heterocycles. The third-order valence-electron chi connectivity index (χ3n) is 4.73. The highest BCUT2D eigenvalue weighted by Gasteiger charge is 2.35. The van der Waals surface area contributed by atoms with Crippen molar-refractivity contribution in [2.45, 2.75) is 18.8 Å². The molecular formula is C21H21BrN4O2. The second-order valence-electron chi connectivity index (χ2n) is 6.87. The van der Waals surface area contributed by atoms with Crippen LogP contribution in [0.3, 0.4) is 0 Å². The summed E-state index contributed by atoms with van der Waals surface area (Å²) in [5, 5.41) is 8.51. The standard InChI is InChI=1S/C21H21BrN4O2/c1-25(13-14-28-18-5-3-2-4-6-18)21(27)19-20(15-7-8-15)26(24-23-19)17-11-9-16(22)10-12-17/h2-6,9-12,15H,7-8,13-14H2,1H3. The van der Waals surface area contributed by atoms with Gasteiger partial charge in [-0.1, -0.05) is 39.3 Å². The van der Waals surface area contributed by atoms with Gasteiger partial charge < -0.3 is 9.64 Å². The highest BCUT2D eigenvalue weighted by molar-refractivity contribution is 9.10. The average molecular weight is 441 g/mol. The Kier molecular flexibility index (Phi) is 5.43. The SMILES string of the molecule is CN(CCOc1ccccc1)C(=O)c1nnn(-c2ccc(Br)cc2)c1C1CC1. The zero-order valence-electron chi connectivity index (χ0n) is 15.6. The number of carbonyl (C=O) groups is 1. The lowest BCUT2D eigenvalue weighted by Gasteiger charge is -2.17. The number of hydrogen-bond acceptors (Lipinski definition) is 4. The van der Waals surface area contributed by atoms with Gasteiger partial charge in [-0.3, -0.25) is 4.79 Å². The molecule has 0 atom stereocenters. The molecule has 144 valence electrons. The Hall–Kier alpha value is -2.67. The molecule has 0 bridgehead atoms. The first kappa shape index (κ1) is 18.7. The van der Waals surface area contributed by atoms with Crippen LogP contribution in [-0.2, 0) is 0 Å². The molecule has 7 heteroatoms. The van der Waals surface area contributed by atoms with Crippen LogP contribution in [0, 0.1) is 0 Å². The summed E-state index contributed by atoms with van der Waals surface area (Å²) in [6, 6.07) is 17.4. The second kappa shape index (κ2) is 8.14. The van der Waals surface area contributed by atoms with Crippen molar-refractivity contribution in [3.63, 3.8) is 0 Å².